The van der Waals surface area contributed by atoms with Gasteiger partial charge in [0.25, 0.3) is 11.8 Å². The largest absolute Gasteiger partial charge is 0.497 e. The van der Waals surface area contributed by atoms with Crippen LogP contribution in [0.3, 0.4) is 0 Å². The maximum Gasteiger partial charge on any atom is 0.253 e. The first-order valence-electron chi connectivity index (χ1n) is 11.4. The molecule has 0 aliphatic carbocycles. The van der Waals surface area contributed by atoms with E-state index in [0.717, 1.165) is 5.56 Å². The van der Waals surface area contributed by atoms with Crippen molar-refractivity contribution >= 4 is 17.7 Å². The summed E-state index contributed by atoms with van der Waals surface area (Å²) in [5.41, 5.74) is 2.24. The normalized spacial score (nSPS) is 15.1. The molecule has 3 amide bonds. The van der Waals surface area contributed by atoms with Gasteiger partial charge in [0.05, 0.1) is 7.11 Å². The molecular formula is C26H33N3O4. The number of hydrogen-bond donors (Lipinski definition) is 2. The molecule has 2 N–H and O–H groups in total. The number of nitrogens with zero attached hydrogens (tertiary/aromatic N) is 1. The van der Waals surface area contributed by atoms with Gasteiger partial charge < -0.3 is 20.3 Å². The predicted octanol–water partition coefficient (Wildman–Crippen LogP) is 3.18. The van der Waals surface area contributed by atoms with E-state index in [4.69, 9.17) is 4.74 Å². The number of carbonyl (C=O) groups excluding carboxylic acids is 3. The molecule has 1 fully saturated rings. The Balaban J connectivity index is 1.68. The van der Waals surface area contributed by atoms with Gasteiger partial charge in [0, 0.05) is 30.3 Å². The number of piperidine rings is 1. The molecule has 2 aromatic rings. The minimum absolute atomic E-state index is 0.00102. The number of methoxy groups -OCH3 is 1. The van der Waals surface area contributed by atoms with Gasteiger partial charge in [0.2, 0.25) is 5.91 Å². The number of amides is 3. The lowest BCUT2D eigenvalue weighted by Gasteiger charge is -2.36. The summed E-state index contributed by atoms with van der Waals surface area (Å²) in [6.45, 7) is 6.86. The third-order valence-corrected chi connectivity index (χ3v) is 5.95. The second-order valence-corrected chi connectivity index (χ2v) is 8.84. The molecule has 0 aromatic heterocycles. The highest BCUT2D eigenvalue weighted by Crippen LogP contribution is 2.23. The summed E-state index contributed by atoms with van der Waals surface area (Å²) in [6, 6.07) is 13.6. The highest BCUT2D eigenvalue weighted by atomic mass is 16.5. The van der Waals surface area contributed by atoms with Gasteiger partial charge in [-0.15, -0.1) is 0 Å². The summed E-state index contributed by atoms with van der Waals surface area (Å²) in [7, 11) is 1.57. The van der Waals surface area contributed by atoms with E-state index in [0.29, 0.717) is 42.8 Å². The zero-order valence-corrected chi connectivity index (χ0v) is 19.8. The number of likely N-dealkylation sites (tertiary alicyclic amines) is 1. The van der Waals surface area contributed by atoms with E-state index in [1.54, 1.807) is 31.4 Å². The lowest BCUT2D eigenvalue weighted by atomic mass is 9.88. The zero-order chi connectivity index (χ0) is 24.0. The molecular weight excluding hydrogens is 418 g/mol. The van der Waals surface area contributed by atoms with E-state index in [2.05, 4.69) is 10.6 Å². The van der Waals surface area contributed by atoms with Crippen LogP contribution in [0.4, 0.5) is 0 Å². The first kappa shape index (κ1) is 24.3. The number of rotatable bonds is 7. The summed E-state index contributed by atoms with van der Waals surface area (Å²) in [5, 5.41) is 5.86. The number of benzene rings is 2. The van der Waals surface area contributed by atoms with Crippen molar-refractivity contribution in [3.63, 3.8) is 0 Å². The first-order valence-corrected chi connectivity index (χ1v) is 11.4. The number of carbonyl (C=O) groups is 3. The third-order valence-electron chi connectivity index (χ3n) is 5.95. The Morgan fingerprint density at radius 3 is 2.03 bits per heavy atom. The fourth-order valence-electron chi connectivity index (χ4n) is 4.05. The van der Waals surface area contributed by atoms with Crippen molar-refractivity contribution in [3.8, 4) is 5.75 Å². The van der Waals surface area contributed by atoms with Crippen molar-refractivity contribution in [2.24, 2.45) is 5.92 Å². The van der Waals surface area contributed by atoms with Crippen molar-refractivity contribution < 1.29 is 19.1 Å². The standard InChI is InChI=1S/C26H33N3O4/c1-17(2)27-25(31)23(28-24(30)20-9-11-22(33-4)12-10-20)19-13-15-29(16-14-19)26(32)21-7-5-18(3)6-8-21/h5-12,17,19,23H,13-16H2,1-4H3,(H,27,31)(H,28,30). The van der Waals surface area contributed by atoms with Crippen LogP contribution in [0.1, 0.15) is 53.0 Å². The number of nitrogens with one attached hydrogen (secondary N) is 2. The Kier molecular flexibility index (Phi) is 8.09. The fourth-order valence-corrected chi connectivity index (χ4v) is 4.05. The van der Waals surface area contributed by atoms with Gasteiger partial charge in [-0.1, -0.05) is 17.7 Å². The quantitative estimate of drug-likeness (QED) is 0.677. The van der Waals surface area contributed by atoms with Gasteiger partial charge in [0.1, 0.15) is 11.8 Å². The summed E-state index contributed by atoms with van der Waals surface area (Å²) in [6.07, 6.45) is 1.27. The van der Waals surface area contributed by atoms with Crippen LogP contribution in [0.15, 0.2) is 48.5 Å². The average Bonchev–Trinajstić information content (AvgIpc) is 2.82. The lowest BCUT2D eigenvalue weighted by Crippen LogP contribution is -2.54. The summed E-state index contributed by atoms with van der Waals surface area (Å²) >= 11 is 0. The molecule has 1 heterocycles. The Morgan fingerprint density at radius 1 is 0.909 bits per heavy atom. The minimum Gasteiger partial charge on any atom is -0.497 e. The van der Waals surface area contributed by atoms with Crippen LogP contribution in [0.2, 0.25) is 0 Å². The summed E-state index contributed by atoms with van der Waals surface area (Å²) < 4.78 is 5.15. The van der Waals surface area contributed by atoms with Crippen LogP contribution >= 0.6 is 0 Å². The van der Waals surface area contributed by atoms with Crippen molar-refractivity contribution in [2.75, 3.05) is 20.2 Å². The molecule has 0 saturated carbocycles. The summed E-state index contributed by atoms with van der Waals surface area (Å²) in [5.74, 6) is 0.0908. The molecule has 1 saturated heterocycles. The Morgan fingerprint density at radius 2 is 1.48 bits per heavy atom. The molecule has 3 rings (SSSR count). The Labute approximate surface area is 195 Å². The minimum atomic E-state index is -0.668. The second-order valence-electron chi connectivity index (χ2n) is 8.84. The van der Waals surface area contributed by atoms with Gasteiger partial charge in [0.15, 0.2) is 0 Å². The average molecular weight is 452 g/mol. The maximum atomic E-state index is 13.0. The van der Waals surface area contributed by atoms with Crippen LogP contribution < -0.4 is 15.4 Å². The molecule has 0 radical (unpaired) electrons. The number of ether oxygens (including phenoxy) is 1. The molecule has 7 heteroatoms. The van der Waals surface area contributed by atoms with Crippen molar-refractivity contribution in [1.82, 2.24) is 15.5 Å². The molecule has 1 aliphatic heterocycles. The highest BCUT2D eigenvalue weighted by molar-refractivity contribution is 5.98. The molecule has 2 aromatic carbocycles. The molecule has 1 unspecified atom stereocenters. The van der Waals surface area contributed by atoms with Crippen LogP contribution in [0.5, 0.6) is 5.75 Å². The lowest BCUT2D eigenvalue weighted by molar-refractivity contribution is -0.125. The molecule has 176 valence electrons. The predicted molar refractivity (Wildman–Crippen MR) is 127 cm³/mol. The third kappa shape index (κ3) is 6.34. The molecule has 1 atom stereocenters. The Hall–Kier alpha value is -3.35. The van der Waals surface area contributed by atoms with Gasteiger partial charge in [-0.3, -0.25) is 14.4 Å². The number of aryl methyl sites for hydroxylation is 1. The summed E-state index contributed by atoms with van der Waals surface area (Å²) in [4.78, 5) is 40.5. The molecule has 7 nitrogen and oxygen atoms in total. The van der Waals surface area contributed by atoms with Crippen LogP contribution in [-0.2, 0) is 4.79 Å². The molecule has 33 heavy (non-hydrogen) atoms. The smallest absolute Gasteiger partial charge is 0.253 e. The van der Waals surface area contributed by atoms with E-state index >= 15 is 0 Å². The topological polar surface area (TPSA) is 87.7 Å². The van der Waals surface area contributed by atoms with Crippen molar-refractivity contribution in [3.05, 3.63) is 65.2 Å². The van der Waals surface area contributed by atoms with E-state index in [1.165, 1.54) is 0 Å². The van der Waals surface area contributed by atoms with Crippen LogP contribution in [0.25, 0.3) is 0 Å². The van der Waals surface area contributed by atoms with Gasteiger partial charge in [-0.2, -0.15) is 0 Å². The van der Waals surface area contributed by atoms with Crippen LogP contribution in [-0.4, -0.2) is 54.9 Å². The van der Waals surface area contributed by atoms with E-state index in [-0.39, 0.29) is 29.7 Å². The van der Waals surface area contributed by atoms with Gasteiger partial charge in [-0.05, 0) is 75.9 Å². The number of hydrogen-bond acceptors (Lipinski definition) is 4. The van der Waals surface area contributed by atoms with Crippen LogP contribution in [0, 0.1) is 12.8 Å². The fraction of sp³-hybridized carbons (Fsp3) is 0.423. The van der Waals surface area contributed by atoms with Crippen molar-refractivity contribution in [1.29, 1.82) is 0 Å². The van der Waals surface area contributed by atoms with E-state index < -0.39 is 6.04 Å². The highest BCUT2D eigenvalue weighted by Gasteiger charge is 2.34. The molecule has 1 aliphatic rings. The van der Waals surface area contributed by atoms with Crippen molar-refractivity contribution in [2.45, 2.75) is 45.7 Å². The van der Waals surface area contributed by atoms with Gasteiger partial charge in [-0.25, -0.2) is 0 Å². The molecule has 0 bridgehead atoms. The monoisotopic (exact) mass is 451 g/mol. The Bertz CT molecular complexity index is 962. The zero-order valence-electron chi connectivity index (χ0n) is 19.8. The van der Waals surface area contributed by atoms with E-state index in [9.17, 15) is 14.4 Å². The second kappa shape index (κ2) is 11.0. The maximum absolute atomic E-state index is 13.0. The molecule has 0 spiro atoms. The van der Waals surface area contributed by atoms with Gasteiger partial charge >= 0.3 is 0 Å². The van der Waals surface area contributed by atoms with E-state index in [1.807, 2.05) is 49.9 Å². The first-order chi connectivity index (χ1) is 15.8. The SMILES string of the molecule is COc1ccc(C(=O)NC(C(=O)NC(C)C)C2CCN(C(=O)c3ccc(C)cc3)CC2)cc1.